The first-order valence-corrected chi connectivity index (χ1v) is 9.68. The van der Waals surface area contributed by atoms with Crippen LogP contribution < -0.4 is 0 Å². The summed E-state index contributed by atoms with van der Waals surface area (Å²) in [5.41, 5.74) is 0. The van der Waals surface area contributed by atoms with E-state index in [9.17, 15) is 4.79 Å². The molecule has 2 unspecified atom stereocenters. The molecule has 7 heteroatoms. The molecule has 3 nitrogen and oxygen atoms in total. The highest BCUT2D eigenvalue weighted by Gasteiger charge is 2.26. The third-order valence-electron chi connectivity index (χ3n) is 2.01. The summed E-state index contributed by atoms with van der Waals surface area (Å²) >= 11 is 15.5. The Labute approximate surface area is 156 Å². The Hall–Kier alpha value is 0.870. The monoisotopic (exact) mass is 394 g/mol. The first-order valence-electron chi connectivity index (χ1n) is 7.22. The van der Waals surface area contributed by atoms with E-state index in [1.807, 2.05) is 18.7 Å². The van der Waals surface area contributed by atoms with Crippen LogP contribution in [0, 0.1) is 0 Å². The van der Waals surface area contributed by atoms with Gasteiger partial charge in [-0.25, -0.2) is 0 Å². The first kappa shape index (κ1) is 27.7. The van der Waals surface area contributed by atoms with Crippen LogP contribution >= 0.6 is 47.6 Å². The van der Waals surface area contributed by atoms with Gasteiger partial charge >= 0.3 is 0 Å². The van der Waals surface area contributed by atoms with E-state index in [1.165, 1.54) is 20.3 Å². The van der Waals surface area contributed by atoms with Crippen LogP contribution in [0.3, 0.4) is 0 Å². The van der Waals surface area contributed by atoms with E-state index < -0.39 is 0 Å². The molecule has 1 N–H and O–H groups in total. The minimum absolute atomic E-state index is 0.0671. The molecule has 1 heterocycles. The maximum atomic E-state index is 9.44. The Morgan fingerprint density at radius 1 is 1.45 bits per heavy atom. The lowest BCUT2D eigenvalue weighted by Crippen LogP contribution is -2.29. The zero-order valence-electron chi connectivity index (χ0n) is 14.6. The highest BCUT2D eigenvalue weighted by atomic mass is 35.5. The van der Waals surface area contributed by atoms with Crippen LogP contribution in [0.1, 0.15) is 54.4 Å². The van der Waals surface area contributed by atoms with Crippen LogP contribution in [0.15, 0.2) is 0 Å². The Morgan fingerprint density at radius 2 is 1.86 bits per heavy atom. The molecular formula is C15H32Cl2O3S2. The van der Waals surface area contributed by atoms with Gasteiger partial charge in [0.1, 0.15) is 10.7 Å². The summed E-state index contributed by atoms with van der Waals surface area (Å²) < 4.78 is 5.50. The predicted octanol–water partition coefficient (Wildman–Crippen LogP) is 4.97. The number of rotatable bonds is 2. The molecular weight excluding hydrogens is 363 g/mol. The van der Waals surface area contributed by atoms with Gasteiger partial charge in [0.25, 0.3) is 0 Å². The van der Waals surface area contributed by atoms with Crippen LogP contribution in [0.25, 0.3) is 0 Å². The van der Waals surface area contributed by atoms with Crippen molar-refractivity contribution in [3.05, 3.63) is 0 Å². The molecule has 1 rings (SSSR count). The van der Waals surface area contributed by atoms with Gasteiger partial charge in [0.2, 0.25) is 0 Å². The fourth-order valence-electron chi connectivity index (χ4n) is 1.23. The summed E-state index contributed by atoms with van der Waals surface area (Å²) in [6, 6.07) is 0. The second kappa shape index (κ2) is 18.2. The number of alkyl halides is 2. The van der Waals surface area contributed by atoms with Gasteiger partial charge in [-0.05, 0) is 40.5 Å². The van der Waals surface area contributed by atoms with Crippen LogP contribution in [0.2, 0.25) is 0 Å². The summed E-state index contributed by atoms with van der Waals surface area (Å²) in [4.78, 5) is 9.51. The number of aliphatic hydroxyl groups is 1. The van der Waals surface area contributed by atoms with E-state index in [-0.39, 0.29) is 22.7 Å². The normalized spacial score (nSPS) is 20.0. The quantitative estimate of drug-likeness (QED) is 0.512. The molecule has 136 valence electrons. The van der Waals surface area contributed by atoms with Gasteiger partial charge in [0.15, 0.2) is 0 Å². The van der Waals surface area contributed by atoms with Crippen molar-refractivity contribution in [2.24, 2.45) is 0 Å². The molecule has 1 fully saturated rings. The molecule has 0 radical (unpaired) electrons. The Balaban J connectivity index is -0.000000243. The number of halogens is 2. The lowest BCUT2D eigenvalue weighted by Gasteiger charge is -2.33. The number of carbonyl (C=O) groups is 1. The Bertz CT molecular complexity index is 249. The van der Waals surface area contributed by atoms with Gasteiger partial charge < -0.3 is 14.6 Å². The lowest BCUT2D eigenvalue weighted by molar-refractivity contribution is -0.114. The topological polar surface area (TPSA) is 46.5 Å². The SMILES string of the molecule is CC(C)=O.CC(S)CCO.CC1CCOC(C)(C)S1.ClCCl. The number of thiol groups is 1. The summed E-state index contributed by atoms with van der Waals surface area (Å²) in [5.74, 6) is 0.167. The van der Waals surface area contributed by atoms with Crippen molar-refractivity contribution in [1.29, 1.82) is 0 Å². The van der Waals surface area contributed by atoms with Crippen molar-refractivity contribution in [1.82, 2.24) is 0 Å². The van der Waals surface area contributed by atoms with Gasteiger partial charge in [0, 0.05) is 23.7 Å². The highest BCUT2D eigenvalue weighted by molar-refractivity contribution is 8.01. The summed E-state index contributed by atoms with van der Waals surface area (Å²) in [7, 11) is 0. The smallest absolute Gasteiger partial charge is 0.126 e. The summed E-state index contributed by atoms with van der Waals surface area (Å²) in [6.07, 6.45) is 2.00. The van der Waals surface area contributed by atoms with Crippen LogP contribution in [0.5, 0.6) is 0 Å². The molecule has 0 amide bonds. The van der Waals surface area contributed by atoms with Crippen molar-refractivity contribution in [3.63, 3.8) is 0 Å². The summed E-state index contributed by atoms with van der Waals surface area (Å²) in [5, 5.41) is 9.50. The van der Waals surface area contributed by atoms with Gasteiger partial charge in [-0.2, -0.15) is 12.6 Å². The molecule has 0 aromatic heterocycles. The number of hydrogen-bond acceptors (Lipinski definition) is 5. The molecule has 0 aromatic rings. The highest BCUT2D eigenvalue weighted by Crippen LogP contribution is 2.35. The van der Waals surface area contributed by atoms with Crippen molar-refractivity contribution in [3.8, 4) is 0 Å². The van der Waals surface area contributed by atoms with E-state index >= 15 is 0 Å². The second-order valence-electron chi connectivity index (χ2n) is 5.34. The molecule has 0 spiro atoms. The van der Waals surface area contributed by atoms with E-state index in [0.29, 0.717) is 5.25 Å². The van der Waals surface area contributed by atoms with Crippen LogP contribution in [-0.4, -0.2) is 44.9 Å². The Morgan fingerprint density at radius 3 is 2.00 bits per heavy atom. The van der Waals surface area contributed by atoms with E-state index in [2.05, 4.69) is 33.4 Å². The maximum absolute atomic E-state index is 9.44. The molecule has 1 aliphatic rings. The molecule has 2 atom stereocenters. The van der Waals surface area contributed by atoms with Crippen molar-refractivity contribution in [2.75, 3.05) is 18.6 Å². The van der Waals surface area contributed by atoms with Crippen molar-refractivity contribution < 1.29 is 14.6 Å². The minimum Gasteiger partial charge on any atom is -0.396 e. The molecule has 1 saturated heterocycles. The molecule has 0 saturated carbocycles. The van der Waals surface area contributed by atoms with Crippen LogP contribution in [-0.2, 0) is 9.53 Å². The number of carbonyl (C=O) groups excluding carboxylic acids is 1. The predicted molar refractivity (Wildman–Crippen MR) is 105 cm³/mol. The van der Waals surface area contributed by atoms with Crippen LogP contribution in [0.4, 0.5) is 0 Å². The molecule has 0 bridgehead atoms. The number of Topliss-reactive ketones (excluding diaryl/α,β-unsaturated/α-hetero) is 1. The Kier molecular flexibility index (Phi) is 22.9. The van der Waals surface area contributed by atoms with Gasteiger partial charge in [0.05, 0.1) is 5.34 Å². The van der Waals surface area contributed by atoms with Gasteiger partial charge in [-0.3, -0.25) is 0 Å². The molecule has 1 aliphatic heterocycles. The maximum Gasteiger partial charge on any atom is 0.126 e. The fourth-order valence-corrected chi connectivity index (χ4v) is 2.68. The first-order chi connectivity index (χ1) is 10.0. The van der Waals surface area contributed by atoms with Gasteiger partial charge in [-0.15, -0.1) is 35.0 Å². The number of aliphatic hydroxyl groups excluding tert-OH is 1. The largest absolute Gasteiger partial charge is 0.396 e. The van der Waals surface area contributed by atoms with Crippen molar-refractivity contribution in [2.45, 2.75) is 69.8 Å². The average molecular weight is 395 g/mol. The fraction of sp³-hybridized carbons (Fsp3) is 0.933. The lowest BCUT2D eigenvalue weighted by atomic mass is 10.3. The van der Waals surface area contributed by atoms with E-state index in [4.69, 9.17) is 33.0 Å². The summed E-state index contributed by atoms with van der Waals surface area (Å²) in [6.45, 7) is 12.7. The number of hydrogen-bond donors (Lipinski definition) is 2. The number of ketones is 1. The minimum atomic E-state index is 0.0671. The molecule has 22 heavy (non-hydrogen) atoms. The molecule has 0 aromatic carbocycles. The zero-order chi connectivity index (χ0) is 18.2. The average Bonchev–Trinajstić information content (AvgIpc) is 2.27. The number of ether oxygens (including phenoxy) is 1. The third-order valence-corrected chi connectivity index (χ3v) is 3.59. The number of thioether (sulfide) groups is 1. The molecule has 0 aliphatic carbocycles. The third kappa shape index (κ3) is 32.7. The van der Waals surface area contributed by atoms with E-state index in [0.717, 1.165) is 18.3 Å². The van der Waals surface area contributed by atoms with Crippen molar-refractivity contribution >= 4 is 53.4 Å². The second-order valence-corrected chi connectivity index (χ2v) is 9.05. The standard InChI is InChI=1S/C7H14OS.C4H10OS.C3H6O.CH2Cl2/c1-6-4-5-8-7(2,3)9-6;1-4(6)2-3-5;1-3(2)4;2-1-3/h6H,4-5H2,1-3H3;4-6H,2-3H2,1H3;1-2H3;1H2. The van der Waals surface area contributed by atoms with Gasteiger partial charge in [-0.1, -0.05) is 13.8 Å². The van der Waals surface area contributed by atoms with E-state index in [1.54, 1.807) is 0 Å². The zero-order valence-corrected chi connectivity index (χ0v) is 17.8.